The highest BCUT2D eigenvalue weighted by Gasteiger charge is 2.25. The fraction of sp³-hybridized carbons (Fsp3) is 0.562. The molecule has 2 rings (SSSR count). The van der Waals surface area contributed by atoms with Gasteiger partial charge in [0.1, 0.15) is 5.75 Å². The van der Waals surface area contributed by atoms with Gasteiger partial charge in [-0.2, -0.15) is 0 Å². The van der Waals surface area contributed by atoms with Gasteiger partial charge in [0.15, 0.2) is 0 Å². The molecule has 0 unspecified atom stereocenters. The molecule has 0 atom stereocenters. The van der Waals surface area contributed by atoms with Crippen LogP contribution in [0.4, 0.5) is 0 Å². The first-order valence-electron chi connectivity index (χ1n) is 7.30. The highest BCUT2D eigenvalue weighted by Crippen LogP contribution is 2.25. The van der Waals surface area contributed by atoms with E-state index in [2.05, 4.69) is 31.1 Å². The van der Waals surface area contributed by atoms with Crippen molar-refractivity contribution in [2.45, 2.75) is 38.6 Å². The molecule has 2 N–H and O–H groups in total. The number of phenols is 1. The van der Waals surface area contributed by atoms with Gasteiger partial charge in [-0.15, -0.1) is 0 Å². The Morgan fingerprint density at radius 2 is 2.15 bits per heavy atom. The molecule has 0 bridgehead atoms. The van der Waals surface area contributed by atoms with E-state index >= 15 is 0 Å². The highest BCUT2D eigenvalue weighted by molar-refractivity contribution is 5.96. The molecule has 1 aromatic rings. The monoisotopic (exact) mass is 276 g/mol. The van der Waals surface area contributed by atoms with Crippen molar-refractivity contribution in [3.63, 3.8) is 0 Å². The number of nitrogens with one attached hydrogen (secondary N) is 1. The molecule has 20 heavy (non-hydrogen) atoms. The maximum absolute atomic E-state index is 12.0. The van der Waals surface area contributed by atoms with Gasteiger partial charge in [0.25, 0.3) is 5.91 Å². The number of benzene rings is 1. The van der Waals surface area contributed by atoms with Crippen molar-refractivity contribution in [1.29, 1.82) is 0 Å². The molecular weight excluding hydrogens is 252 g/mol. The quantitative estimate of drug-likeness (QED) is 0.838. The molecular formula is C16H24N2O2. The number of nitrogens with zero attached hydrogens (tertiary/aromatic N) is 1. The number of carbonyl (C=O) groups is 1. The van der Waals surface area contributed by atoms with Crippen molar-refractivity contribution in [3.8, 4) is 5.75 Å². The lowest BCUT2D eigenvalue weighted by Crippen LogP contribution is -2.34. The molecule has 1 aliphatic carbocycles. The highest BCUT2D eigenvalue weighted by atomic mass is 16.3. The number of hydrogen-bond donors (Lipinski definition) is 2. The van der Waals surface area contributed by atoms with E-state index in [1.165, 1.54) is 12.8 Å². The second-order valence-corrected chi connectivity index (χ2v) is 5.90. The van der Waals surface area contributed by atoms with Crippen LogP contribution in [0.2, 0.25) is 0 Å². The number of amides is 1. The third kappa shape index (κ3) is 3.73. The predicted octanol–water partition coefficient (Wildman–Crippen LogP) is 2.34. The molecule has 4 nitrogen and oxygen atoms in total. The number of hydrogen-bond acceptors (Lipinski definition) is 3. The van der Waals surface area contributed by atoms with Crippen molar-refractivity contribution in [1.82, 2.24) is 10.2 Å². The zero-order valence-corrected chi connectivity index (χ0v) is 12.5. The van der Waals surface area contributed by atoms with Crippen LogP contribution in [0, 0.1) is 0 Å². The maximum atomic E-state index is 12.0. The number of aromatic hydroxyl groups is 1. The molecule has 0 radical (unpaired) electrons. The van der Waals surface area contributed by atoms with E-state index in [0.717, 1.165) is 12.1 Å². The first kappa shape index (κ1) is 14.9. The normalized spacial score (nSPS) is 14.8. The topological polar surface area (TPSA) is 52.6 Å². The molecule has 1 fully saturated rings. The molecule has 1 saturated carbocycles. The SMILES string of the molecule is CC(C)c1ccc(C(=O)NCCN(C)C2CC2)c(O)c1. The second kappa shape index (κ2) is 6.27. The van der Waals surface area contributed by atoms with E-state index in [-0.39, 0.29) is 11.7 Å². The van der Waals surface area contributed by atoms with Crippen LogP contribution in [0.15, 0.2) is 18.2 Å². The second-order valence-electron chi connectivity index (χ2n) is 5.90. The lowest BCUT2D eigenvalue weighted by atomic mass is 10.0. The number of phenolic OH excluding ortho intramolecular Hbond substituents is 1. The van der Waals surface area contributed by atoms with E-state index in [9.17, 15) is 9.90 Å². The van der Waals surface area contributed by atoms with Gasteiger partial charge in [0.05, 0.1) is 5.56 Å². The molecule has 0 heterocycles. The first-order valence-corrected chi connectivity index (χ1v) is 7.30. The van der Waals surface area contributed by atoms with Gasteiger partial charge in [0.2, 0.25) is 0 Å². The number of carbonyl (C=O) groups excluding carboxylic acids is 1. The zero-order chi connectivity index (χ0) is 14.7. The summed E-state index contributed by atoms with van der Waals surface area (Å²) in [6, 6.07) is 5.97. The van der Waals surface area contributed by atoms with Crippen molar-refractivity contribution in [2.75, 3.05) is 20.1 Å². The van der Waals surface area contributed by atoms with Crippen LogP contribution in [-0.4, -0.2) is 42.1 Å². The Labute approximate surface area is 120 Å². The summed E-state index contributed by atoms with van der Waals surface area (Å²) in [6.45, 7) is 5.57. The maximum Gasteiger partial charge on any atom is 0.255 e. The van der Waals surface area contributed by atoms with Crippen LogP contribution < -0.4 is 5.32 Å². The van der Waals surface area contributed by atoms with Gasteiger partial charge in [0, 0.05) is 19.1 Å². The van der Waals surface area contributed by atoms with E-state index in [1.54, 1.807) is 12.1 Å². The van der Waals surface area contributed by atoms with Crippen LogP contribution in [0.3, 0.4) is 0 Å². The lowest BCUT2D eigenvalue weighted by Gasteiger charge is -2.16. The van der Waals surface area contributed by atoms with Crippen LogP contribution in [0.5, 0.6) is 5.75 Å². The average Bonchev–Trinajstić information content (AvgIpc) is 3.22. The molecule has 110 valence electrons. The van der Waals surface area contributed by atoms with Gasteiger partial charge < -0.3 is 15.3 Å². The van der Waals surface area contributed by atoms with Gasteiger partial charge in [-0.1, -0.05) is 19.9 Å². The Morgan fingerprint density at radius 3 is 2.70 bits per heavy atom. The molecule has 1 aliphatic rings. The van der Waals surface area contributed by atoms with Crippen molar-refractivity contribution >= 4 is 5.91 Å². The third-order valence-corrected chi connectivity index (χ3v) is 3.85. The molecule has 1 aromatic carbocycles. The summed E-state index contributed by atoms with van der Waals surface area (Å²) in [4.78, 5) is 14.3. The molecule has 0 spiro atoms. The van der Waals surface area contributed by atoms with Crippen LogP contribution >= 0.6 is 0 Å². The largest absolute Gasteiger partial charge is 0.507 e. The van der Waals surface area contributed by atoms with Crippen molar-refractivity contribution < 1.29 is 9.90 Å². The molecule has 1 amide bonds. The Hall–Kier alpha value is -1.55. The third-order valence-electron chi connectivity index (χ3n) is 3.85. The van der Waals surface area contributed by atoms with E-state index in [0.29, 0.717) is 24.1 Å². The number of likely N-dealkylation sites (N-methyl/N-ethyl adjacent to an activating group) is 1. The predicted molar refractivity (Wildman–Crippen MR) is 80.2 cm³/mol. The standard InChI is InChI=1S/C16H24N2O2/c1-11(2)12-4-7-14(15(19)10-12)16(20)17-8-9-18(3)13-5-6-13/h4,7,10-11,13,19H,5-6,8-9H2,1-3H3,(H,17,20). The van der Waals surface area contributed by atoms with E-state index in [1.807, 2.05) is 6.07 Å². The van der Waals surface area contributed by atoms with E-state index < -0.39 is 0 Å². The molecule has 4 heteroatoms. The summed E-state index contributed by atoms with van der Waals surface area (Å²) in [5, 5.41) is 12.8. The smallest absolute Gasteiger partial charge is 0.255 e. The van der Waals surface area contributed by atoms with Crippen LogP contribution in [0.25, 0.3) is 0 Å². The average molecular weight is 276 g/mol. The molecule has 0 saturated heterocycles. The minimum Gasteiger partial charge on any atom is -0.507 e. The lowest BCUT2D eigenvalue weighted by molar-refractivity contribution is 0.0947. The Bertz CT molecular complexity index is 481. The summed E-state index contributed by atoms with van der Waals surface area (Å²) in [5.41, 5.74) is 1.39. The van der Waals surface area contributed by atoms with Crippen molar-refractivity contribution in [3.05, 3.63) is 29.3 Å². The zero-order valence-electron chi connectivity index (χ0n) is 12.5. The summed E-state index contributed by atoms with van der Waals surface area (Å²) in [7, 11) is 2.08. The Kier molecular flexibility index (Phi) is 4.65. The minimum atomic E-state index is -0.206. The molecule has 0 aliphatic heterocycles. The van der Waals surface area contributed by atoms with Gasteiger partial charge in [-0.25, -0.2) is 0 Å². The Morgan fingerprint density at radius 1 is 1.45 bits per heavy atom. The first-order chi connectivity index (χ1) is 9.49. The van der Waals surface area contributed by atoms with Gasteiger partial charge in [-0.05, 0) is 43.5 Å². The van der Waals surface area contributed by atoms with Crippen molar-refractivity contribution in [2.24, 2.45) is 0 Å². The van der Waals surface area contributed by atoms with E-state index in [4.69, 9.17) is 0 Å². The summed E-state index contributed by atoms with van der Waals surface area (Å²) in [5.74, 6) is 0.191. The fourth-order valence-electron chi connectivity index (χ4n) is 2.24. The summed E-state index contributed by atoms with van der Waals surface area (Å²) < 4.78 is 0. The number of rotatable bonds is 6. The molecule has 0 aromatic heterocycles. The van der Waals surface area contributed by atoms with Gasteiger partial charge >= 0.3 is 0 Å². The van der Waals surface area contributed by atoms with Crippen LogP contribution in [0.1, 0.15) is 48.5 Å². The fourth-order valence-corrected chi connectivity index (χ4v) is 2.24. The Balaban J connectivity index is 1.88. The summed E-state index contributed by atoms with van der Waals surface area (Å²) >= 11 is 0. The minimum absolute atomic E-state index is 0.0595. The summed E-state index contributed by atoms with van der Waals surface area (Å²) in [6.07, 6.45) is 2.53. The van der Waals surface area contributed by atoms with Gasteiger partial charge in [-0.3, -0.25) is 4.79 Å². The van der Waals surface area contributed by atoms with Crippen LogP contribution in [-0.2, 0) is 0 Å².